The second-order valence-electron chi connectivity index (χ2n) is 6.59. The SMILES string of the molecule is COc1ccc(C(=O)c2ccccc2)c(OC)c1C(=O)P(=O)(O)c1ccccc1C. The lowest BCUT2D eigenvalue weighted by Gasteiger charge is -2.19. The molecule has 0 amide bonds. The van der Waals surface area contributed by atoms with Gasteiger partial charge in [-0.1, -0.05) is 48.5 Å². The Bertz CT molecular complexity index is 1150. The van der Waals surface area contributed by atoms with Crippen molar-refractivity contribution in [1.82, 2.24) is 0 Å². The van der Waals surface area contributed by atoms with Crippen LogP contribution in [-0.4, -0.2) is 30.4 Å². The highest BCUT2D eigenvalue weighted by Gasteiger charge is 2.38. The van der Waals surface area contributed by atoms with E-state index in [1.165, 1.54) is 32.4 Å². The van der Waals surface area contributed by atoms with Crippen molar-refractivity contribution in [3.8, 4) is 11.5 Å². The molecule has 1 unspecified atom stereocenters. The summed E-state index contributed by atoms with van der Waals surface area (Å²) in [5, 5.41) is 0.0268. The van der Waals surface area contributed by atoms with Gasteiger partial charge in [-0.2, -0.15) is 0 Å². The number of ether oxygens (including phenoxy) is 2. The van der Waals surface area contributed by atoms with Gasteiger partial charge in [0.15, 0.2) is 5.78 Å². The van der Waals surface area contributed by atoms with E-state index in [0.29, 0.717) is 11.1 Å². The zero-order valence-electron chi connectivity index (χ0n) is 16.8. The molecule has 30 heavy (non-hydrogen) atoms. The smallest absolute Gasteiger partial charge is 0.298 e. The van der Waals surface area contributed by atoms with Crippen molar-refractivity contribution in [1.29, 1.82) is 0 Å². The van der Waals surface area contributed by atoms with Crippen molar-refractivity contribution in [2.75, 3.05) is 14.2 Å². The largest absolute Gasteiger partial charge is 0.496 e. The predicted molar refractivity (Wildman–Crippen MR) is 114 cm³/mol. The second-order valence-corrected chi connectivity index (χ2v) is 8.63. The Morgan fingerprint density at radius 1 is 0.867 bits per heavy atom. The molecule has 0 fully saturated rings. The third-order valence-corrected chi connectivity index (χ3v) is 6.68. The zero-order valence-corrected chi connectivity index (χ0v) is 17.7. The molecule has 0 aliphatic heterocycles. The van der Waals surface area contributed by atoms with Gasteiger partial charge < -0.3 is 14.4 Å². The molecule has 3 aromatic carbocycles. The van der Waals surface area contributed by atoms with Crippen LogP contribution in [0.25, 0.3) is 0 Å². The summed E-state index contributed by atoms with van der Waals surface area (Å²) in [6, 6.07) is 17.8. The summed E-state index contributed by atoms with van der Waals surface area (Å²) in [5.74, 6) is -0.437. The molecule has 3 rings (SSSR count). The molecule has 0 spiro atoms. The van der Waals surface area contributed by atoms with Crippen molar-refractivity contribution in [2.24, 2.45) is 0 Å². The minimum absolute atomic E-state index is 0.0268. The van der Waals surface area contributed by atoms with Crippen LogP contribution in [0.5, 0.6) is 11.5 Å². The summed E-state index contributed by atoms with van der Waals surface area (Å²) >= 11 is 0. The molecule has 0 radical (unpaired) electrons. The lowest BCUT2D eigenvalue weighted by Crippen LogP contribution is -2.18. The van der Waals surface area contributed by atoms with Gasteiger partial charge in [-0.25, -0.2) is 0 Å². The number of aryl methyl sites for hydroxylation is 1. The summed E-state index contributed by atoms with van der Waals surface area (Å²) in [5.41, 5.74) is -0.307. The van der Waals surface area contributed by atoms with Crippen molar-refractivity contribution < 1.29 is 28.5 Å². The maximum Gasteiger partial charge on any atom is 0.298 e. The number of rotatable bonds is 7. The minimum Gasteiger partial charge on any atom is -0.496 e. The summed E-state index contributed by atoms with van der Waals surface area (Å²) in [4.78, 5) is 37.1. The lowest BCUT2D eigenvalue weighted by molar-refractivity contribution is 0.103. The maximum absolute atomic E-state index is 13.3. The molecule has 0 heterocycles. The first-order chi connectivity index (χ1) is 14.3. The third-order valence-electron chi connectivity index (χ3n) is 4.76. The molecule has 3 aromatic rings. The highest BCUT2D eigenvalue weighted by atomic mass is 31.2. The van der Waals surface area contributed by atoms with Gasteiger partial charge >= 0.3 is 0 Å². The van der Waals surface area contributed by atoms with E-state index in [2.05, 4.69) is 0 Å². The third kappa shape index (κ3) is 3.80. The van der Waals surface area contributed by atoms with Crippen molar-refractivity contribution >= 4 is 24.0 Å². The van der Waals surface area contributed by atoms with Crippen LogP contribution in [-0.2, 0) is 4.57 Å². The van der Waals surface area contributed by atoms with Crippen LogP contribution in [0.2, 0.25) is 0 Å². The van der Waals surface area contributed by atoms with Crippen LogP contribution in [0, 0.1) is 6.92 Å². The van der Waals surface area contributed by atoms with Gasteiger partial charge in [0.2, 0.25) is 0 Å². The van der Waals surface area contributed by atoms with Gasteiger partial charge in [0.05, 0.1) is 19.8 Å². The number of carbonyl (C=O) groups excluding carboxylic acids is 2. The Morgan fingerprint density at radius 3 is 2.10 bits per heavy atom. The van der Waals surface area contributed by atoms with Gasteiger partial charge in [0, 0.05) is 10.9 Å². The highest BCUT2D eigenvalue weighted by molar-refractivity contribution is 7.82. The van der Waals surface area contributed by atoms with E-state index in [4.69, 9.17) is 9.47 Å². The van der Waals surface area contributed by atoms with Gasteiger partial charge in [-0.15, -0.1) is 0 Å². The molecule has 7 heteroatoms. The number of benzene rings is 3. The van der Waals surface area contributed by atoms with E-state index in [1.54, 1.807) is 55.5 Å². The Morgan fingerprint density at radius 2 is 1.50 bits per heavy atom. The second kappa shape index (κ2) is 8.66. The van der Waals surface area contributed by atoms with Crippen LogP contribution in [0.3, 0.4) is 0 Å². The summed E-state index contributed by atoms with van der Waals surface area (Å²) in [6.45, 7) is 1.65. The molecule has 1 N–H and O–H groups in total. The van der Waals surface area contributed by atoms with E-state index in [0.717, 1.165) is 0 Å². The van der Waals surface area contributed by atoms with Crippen LogP contribution in [0.15, 0.2) is 66.7 Å². The fourth-order valence-corrected chi connectivity index (χ4v) is 4.81. The maximum atomic E-state index is 13.3. The highest BCUT2D eigenvalue weighted by Crippen LogP contribution is 2.49. The minimum atomic E-state index is -4.51. The predicted octanol–water partition coefficient (Wildman–Crippen LogP) is 3.98. The Labute approximate surface area is 174 Å². The van der Waals surface area contributed by atoms with E-state index in [9.17, 15) is 19.0 Å². The number of carbonyl (C=O) groups is 2. The first-order valence-corrected chi connectivity index (χ1v) is 10.8. The molecular weight excluding hydrogens is 403 g/mol. The molecule has 0 saturated heterocycles. The number of methoxy groups -OCH3 is 2. The van der Waals surface area contributed by atoms with E-state index in [-0.39, 0.29) is 33.7 Å². The Balaban J connectivity index is 2.21. The number of hydrogen-bond acceptors (Lipinski definition) is 5. The summed E-state index contributed by atoms with van der Waals surface area (Å²) in [7, 11) is -1.88. The van der Waals surface area contributed by atoms with Crippen molar-refractivity contribution in [3.05, 3.63) is 89.0 Å². The molecule has 1 atom stereocenters. The van der Waals surface area contributed by atoms with Crippen LogP contribution in [0.1, 0.15) is 31.8 Å². The molecule has 0 aliphatic rings. The number of ketones is 1. The fraction of sp³-hybridized carbons (Fsp3) is 0.130. The van der Waals surface area contributed by atoms with E-state index >= 15 is 0 Å². The van der Waals surface area contributed by atoms with Gasteiger partial charge in [0.1, 0.15) is 17.1 Å². The molecule has 6 nitrogen and oxygen atoms in total. The van der Waals surface area contributed by atoms with Gasteiger partial charge in [0.25, 0.3) is 12.9 Å². The van der Waals surface area contributed by atoms with E-state index in [1.807, 2.05) is 0 Å². The van der Waals surface area contributed by atoms with Gasteiger partial charge in [-0.05, 0) is 30.7 Å². The standard InChI is InChI=1S/C23H21O6P/c1-15-9-7-8-12-19(15)30(26,27)23(25)20-18(28-2)14-13-17(22(20)29-3)21(24)16-10-5-4-6-11-16/h4-14H,1-3H3,(H,26,27). The topological polar surface area (TPSA) is 89.9 Å². The van der Waals surface area contributed by atoms with Gasteiger partial charge in [-0.3, -0.25) is 14.2 Å². The fourth-order valence-electron chi connectivity index (χ4n) is 3.24. The molecular formula is C23H21O6P. The summed E-state index contributed by atoms with van der Waals surface area (Å²) in [6.07, 6.45) is 0. The molecule has 0 aromatic heterocycles. The first-order valence-electron chi connectivity index (χ1n) is 9.11. The van der Waals surface area contributed by atoms with Crippen LogP contribution >= 0.6 is 7.37 Å². The van der Waals surface area contributed by atoms with Crippen LogP contribution in [0.4, 0.5) is 0 Å². The lowest BCUT2D eigenvalue weighted by atomic mass is 9.99. The Kier molecular flexibility index (Phi) is 6.20. The monoisotopic (exact) mass is 424 g/mol. The molecule has 0 saturated carbocycles. The molecule has 154 valence electrons. The Hall–Kier alpha value is -3.21. The average molecular weight is 424 g/mol. The van der Waals surface area contributed by atoms with Crippen molar-refractivity contribution in [2.45, 2.75) is 6.92 Å². The normalized spacial score (nSPS) is 12.7. The quantitative estimate of drug-likeness (QED) is 0.456. The zero-order chi connectivity index (χ0) is 21.9. The van der Waals surface area contributed by atoms with Crippen molar-refractivity contribution in [3.63, 3.8) is 0 Å². The van der Waals surface area contributed by atoms with E-state index < -0.39 is 12.9 Å². The first kappa shape index (κ1) is 21.5. The summed E-state index contributed by atoms with van der Waals surface area (Å²) < 4.78 is 23.9. The van der Waals surface area contributed by atoms with Crippen LogP contribution < -0.4 is 14.8 Å². The average Bonchev–Trinajstić information content (AvgIpc) is 2.77. The molecule has 0 aliphatic carbocycles. The number of hydrogen-bond donors (Lipinski definition) is 1. The molecule has 0 bridgehead atoms.